The number of rotatable bonds is 6. The van der Waals surface area contributed by atoms with Crippen LogP contribution in [0.15, 0.2) is 10.4 Å². The molecule has 0 aliphatic carbocycles. The average molecular weight is 557 g/mol. The maximum absolute atomic E-state index is 12.6. The van der Waals surface area contributed by atoms with Gasteiger partial charge in [-0.15, -0.1) is 35.3 Å². The second-order valence-electron chi connectivity index (χ2n) is 7.24. The van der Waals surface area contributed by atoms with Crippen molar-refractivity contribution in [1.29, 1.82) is 0 Å². The van der Waals surface area contributed by atoms with Crippen molar-refractivity contribution in [2.24, 2.45) is 4.99 Å². The summed E-state index contributed by atoms with van der Waals surface area (Å²) in [7, 11) is 0. The van der Waals surface area contributed by atoms with Crippen LogP contribution < -0.4 is 10.6 Å². The van der Waals surface area contributed by atoms with Gasteiger partial charge in [0.15, 0.2) is 17.5 Å². The SMILES string of the molecule is CCNC(=NCCc1nc(C(F)(F)F)cs1)NC1CCc2nc(C(C)C)nn2C1.I. The van der Waals surface area contributed by atoms with Gasteiger partial charge in [-0.3, -0.25) is 4.99 Å². The Labute approximate surface area is 195 Å². The fraction of sp³-hybridized carbons (Fsp3) is 0.667. The molecule has 3 rings (SSSR count). The van der Waals surface area contributed by atoms with Gasteiger partial charge in [0.2, 0.25) is 0 Å². The van der Waals surface area contributed by atoms with Gasteiger partial charge in [0, 0.05) is 43.3 Å². The first-order chi connectivity index (χ1) is 13.8. The van der Waals surface area contributed by atoms with Crippen molar-refractivity contribution in [2.45, 2.75) is 64.7 Å². The predicted octanol–water partition coefficient (Wildman–Crippen LogP) is 3.61. The molecule has 12 heteroatoms. The van der Waals surface area contributed by atoms with Crippen LogP contribution in [0.3, 0.4) is 0 Å². The molecule has 0 aromatic carbocycles. The Bertz CT molecular complexity index is 847. The number of nitrogens with zero attached hydrogens (tertiary/aromatic N) is 5. The number of aromatic nitrogens is 4. The van der Waals surface area contributed by atoms with Gasteiger partial charge in [0.1, 0.15) is 5.82 Å². The van der Waals surface area contributed by atoms with Gasteiger partial charge >= 0.3 is 6.18 Å². The average Bonchev–Trinajstić information content (AvgIpc) is 3.28. The zero-order valence-corrected chi connectivity index (χ0v) is 20.3. The lowest BCUT2D eigenvalue weighted by Gasteiger charge is -2.25. The number of thiazole rings is 1. The molecule has 0 saturated heterocycles. The molecule has 1 aliphatic rings. The second kappa shape index (κ2) is 10.7. The maximum Gasteiger partial charge on any atom is 0.434 e. The second-order valence-corrected chi connectivity index (χ2v) is 8.18. The van der Waals surface area contributed by atoms with Gasteiger partial charge in [0.05, 0.1) is 11.6 Å². The first-order valence-corrected chi connectivity index (χ1v) is 10.6. The highest BCUT2D eigenvalue weighted by Crippen LogP contribution is 2.30. The Hall–Kier alpha value is -1.44. The third kappa shape index (κ3) is 6.53. The highest BCUT2D eigenvalue weighted by molar-refractivity contribution is 14.0. The van der Waals surface area contributed by atoms with E-state index in [1.807, 2.05) is 11.6 Å². The number of hydrogen-bond donors (Lipinski definition) is 2. The molecule has 2 aromatic heterocycles. The molecular formula is C18H27F3IN7S. The minimum Gasteiger partial charge on any atom is -0.357 e. The lowest BCUT2D eigenvalue weighted by atomic mass is 10.1. The number of halogens is 4. The van der Waals surface area contributed by atoms with E-state index in [0.29, 0.717) is 42.9 Å². The Morgan fingerprint density at radius 3 is 2.77 bits per heavy atom. The van der Waals surface area contributed by atoms with E-state index in [9.17, 15) is 13.2 Å². The monoisotopic (exact) mass is 557 g/mol. The van der Waals surface area contributed by atoms with E-state index in [-0.39, 0.29) is 30.0 Å². The van der Waals surface area contributed by atoms with Crippen LogP contribution >= 0.6 is 35.3 Å². The minimum atomic E-state index is -4.40. The topological polar surface area (TPSA) is 80.0 Å². The molecule has 168 valence electrons. The van der Waals surface area contributed by atoms with Crippen molar-refractivity contribution < 1.29 is 13.2 Å². The Morgan fingerprint density at radius 1 is 1.37 bits per heavy atom. The normalized spacial score (nSPS) is 16.9. The Morgan fingerprint density at radius 2 is 2.13 bits per heavy atom. The molecule has 30 heavy (non-hydrogen) atoms. The molecule has 1 unspecified atom stereocenters. The summed E-state index contributed by atoms with van der Waals surface area (Å²) in [6.45, 7) is 7.89. The van der Waals surface area contributed by atoms with Crippen LogP contribution in [0.4, 0.5) is 13.2 Å². The lowest BCUT2D eigenvalue weighted by molar-refractivity contribution is -0.140. The molecule has 0 saturated carbocycles. The fourth-order valence-corrected chi connectivity index (χ4v) is 3.82. The summed E-state index contributed by atoms with van der Waals surface area (Å²) < 4.78 is 39.9. The zero-order chi connectivity index (χ0) is 21.0. The summed E-state index contributed by atoms with van der Waals surface area (Å²) in [5, 5.41) is 12.7. The van der Waals surface area contributed by atoms with Crippen molar-refractivity contribution in [3.05, 3.63) is 27.7 Å². The number of fused-ring (bicyclic) bond motifs is 1. The van der Waals surface area contributed by atoms with Crippen molar-refractivity contribution in [3.8, 4) is 0 Å². The van der Waals surface area contributed by atoms with Crippen molar-refractivity contribution in [3.63, 3.8) is 0 Å². The summed E-state index contributed by atoms with van der Waals surface area (Å²) in [4.78, 5) is 12.7. The van der Waals surface area contributed by atoms with E-state index >= 15 is 0 Å². The molecule has 3 heterocycles. The summed E-state index contributed by atoms with van der Waals surface area (Å²) in [5.74, 6) is 2.82. The molecule has 0 bridgehead atoms. The maximum atomic E-state index is 12.6. The molecule has 0 radical (unpaired) electrons. The van der Waals surface area contributed by atoms with E-state index in [0.717, 1.165) is 41.2 Å². The van der Waals surface area contributed by atoms with Crippen LogP contribution in [0.5, 0.6) is 0 Å². The van der Waals surface area contributed by atoms with Crippen molar-refractivity contribution in [1.82, 2.24) is 30.4 Å². The number of aryl methyl sites for hydroxylation is 1. The summed E-state index contributed by atoms with van der Waals surface area (Å²) in [5.41, 5.74) is -0.835. The Kier molecular flexibility index (Phi) is 8.88. The number of hydrogen-bond acceptors (Lipinski definition) is 5. The van der Waals surface area contributed by atoms with Gasteiger partial charge in [-0.2, -0.15) is 18.3 Å². The molecule has 0 amide bonds. The molecule has 2 aromatic rings. The smallest absolute Gasteiger partial charge is 0.357 e. The third-order valence-corrected chi connectivity index (χ3v) is 5.42. The van der Waals surface area contributed by atoms with Crippen LogP contribution in [-0.2, 0) is 25.6 Å². The predicted molar refractivity (Wildman–Crippen MR) is 122 cm³/mol. The number of guanidine groups is 1. The van der Waals surface area contributed by atoms with E-state index < -0.39 is 11.9 Å². The number of nitrogens with one attached hydrogen (secondary N) is 2. The van der Waals surface area contributed by atoms with Crippen molar-refractivity contribution >= 4 is 41.3 Å². The van der Waals surface area contributed by atoms with Gasteiger partial charge in [-0.1, -0.05) is 13.8 Å². The van der Waals surface area contributed by atoms with E-state index in [4.69, 9.17) is 0 Å². The van der Waals surface area contributed by atoms with Gasteiger partial charge in [-0.05, 0) is 13.3 Å². The first-order valence-electron chi connectivity index (χ1n) is 9.76. The summed E-state index contributed by atoms with van der Waals surface area (Å²) >= 11 is 1.01. The van der Waals surface area contributed by atoms with Gasteiger partial charge < -0.3 is 10.6 Å². The van der Waals surface area contributed by atoms with E-state index in [1.54, 1.807) is 0 Å². The molecule has 1 atom stereocenters. The van der Waals surface area contributed by atoms with Crippen LogP contribution in [-0.4, -0.2) is 44.8 Å². The fourth-order valence-electron chi connectivity index (χ4n) is 3.02. The quantitative estimate of drug-likeness (QED) is 0.323. The van der Waals surface area contributed by atoms with E-state index in [2.05, 4.69) is 44.5 Å². The van der Waals surface area contributed by atoms with Gasteiger partial charge in [0.25, 0.3) is 0 Å². The van der Waals surface area contributed by atoms with Gasteiger partial charge in [-0.25, -0.2) is 14.6 Å². The number of alkyl halides is 3. The molecule has 0 spiro atoms. The highest BCUT2D eigenvalue weighted by Gasteiger charge is 2.33. The minimum absolute atomic E-state index is 0. The van der Waals surface area contributed by atoms with Crippen LogP contribution in [0.2, 0.25) is 0 Å². The van der Waals surface area contributed by atoms with Crippen LogP contribution in [0.25, 0.3) is 0 Å². The van der Waals surface area contributed by atoms with Crippen LogP contribution in [0.1, 0.15) is 55.5 Å². The molecule has 1 aliphatic heterocycles. The summed E-state index contributed by atoms with van der Waals surface area (Å²) in [6.07, 6.45) is -2.27. The standard InChI is InChI=1S/C18H26F3N7S.HI/c1-4-22-17(23-8-7-15-25-13(10-29-15)18(19,20)21)24-12-5-6-14-26-16(11(2)3)27-28(14)9-12;/h10-12H,4-9H2,1-3H3,(H2,22,23,24);1H. The largest absolute Gasteiger partial charge is 0.434 e. The molecule has 7 nitrogen and oxygen atoms in total. The Balaban J connectivity index is 0.00000320. The lowest BCUT2D eigenvalue weighted by Crippen LogP contribution is -2.47. The zero-order valence-electron chi connectivity index (χ0n) is 17.2. The van der Waals surface area contributed by atoms with E-state index in [1.165, 1.54) is 0 Å². The first kappa shape index (κ1) is 24.8. The molecular weight excluding hydrogens is 530 g/mol. The number of aliphatic imine (C=N–C) groups is 1. The molecule has 2 N–H and O–H groups in total. The summed E-state index contributed by atoms with van der Waals surface area (Å²) in [6, 6.07) is 0.165. The van der Waals surface area contributed by atoms with Crippen LogP contribution in [0, 0.1) is 0 Å². The third-order valence-electron chi connectivity index (χ3n) is 4.51. The highest BCUT2D eigenvalue weighted by atomic mass is 127. The molecule has 0 fully saturated rings. The van der Waals surface area contributed by atoms with Crippen molar-refractivity contribution in [2.75, 3.05) is 13.1 Å².